The second kappa shape index (κ2) is 7.67. The number of halogens is 1. The predicted octanol–water partition coefficient (Wildman–Crippen LogP) is 4.20. The van der Waals surface area contributed by atoms with E-state index in [0.29, 0.717) is 21.9 Å². The van der Waals surface area contributed by atoms with Crippen molar-refractivity contribution in [3.8, 4) is 16.9 Å². The van der Waals surface area contributed by atoms with Crippen LogP contribution in [-0.2, 0) is 9.84 Å². The molecule has 8 heteroatoms. The Hall–Kier alpha value is -2.61. The number of aliphatic hydroxyl groups is 1. The summed E-state index contributed by atoms with van der Waals surface area (Å²) in [7, 11) is -3.33. The van der Waals surface area contributed by atoms with Gasteiger partial charge in [-0.05, 0) is 41.5 Å². The zero-order valence-electron chi connectivity index (χ0n) is 15.6. The molecule has 2 aromatic carbocycles. The molecule has 150 valence electrons. The number of nitrogens with one attached hydrogen (secondary N) is 1. The maximum atomic E-state index is 12.4. The Balaban J connectivity index is 2.02. The Labute approximate surface area is 173 Å². The Morgan fingerprint density at radius 3 is 2.79 bits per heavy atom. The first-order valence-electron chi connectivity index (χ1n) is 9.11. The van der Waals surface area contributed by atoms with Crippen LogP contribution in [0.5, 0.6) is 5.75 Å². The van der Waals surface area contributed by atoms with E-state index in [0.717, 1.165) is 21.9 Å². The van der Waals surface area contributed by atoms with E-state index in [1.165, 1.54) is 0 Å². The minimum absolute atomic E-state index is 0.0341. The van der Waals surface area contributed by atoms with E-state index < -0.39 is 9.84 Å². The summed E-state index contributed by atoms with van der Waals surface area (Å²) in [5, 5.41) is 11.2. The number of rotatable bonds is 6. The number of benzene rings is 2. The van der Waals surface area contributed by atoms with Crippen LogP contribution in [-0.4, -0.2) is 42.5 Å². The van der Waals surface area contributed by atoms with Gasteiger partial charge in [0.1, 0.15) is 18.0 Å². The third-order valence-corrected chi connectivity index (χ3v) is 6.71. The zero-order chi connectivity index (χ0) is 20.6. The molecule has 0 aliphatic carbocycles. The summed E-state index contributed by atoms with van der Waals surface area (Å²) in [5.41, 5.74) is 2.95. The molecule has 6 nitrogen and oxygen atoms in total. The lowest BCUT2D eigenvalue weighted by atomic mass is 9.99. The molecule has 0 saturated heterocycles. The monoisotopic (exact) mass is 430 g/mol. The predicted molar refractivity (Wildman–Crippen MR) is 114 cm³/mol. The van der Waals surface area contributed by atoms with Crippen LogP contribution >= 0.6 is 11.6 Å². The van der Waals surface area contributed by atoms with E-state index in [1.807, 2.05) is 18.2 Å². The average molecular weight is 431 g/mol. The first-order valence-corrected chi connectivity index (χ1v) is 11.1. The van der Waals surface area contributed by atoms with Crippen molar-refractivity contribution in [1.82, 2.24) is 9.97 Å². The van der Waals surface area contributed by atoms with Crippen LogP contribution in [0.2, 0.25) is 5.02 Å². The summed E-state index contributed by atoms with van der Waals surface area (Å²) < 4.78 is 30.4. The van der Waals surface area contributed by atoms with E-state index >= 15 is 0 Å². The average Bonchev–Trinajstić information content (AvgIpc) is 3.11. The van der Waals surface area contributed by atoms with Crippen LogP contribution in [0.15, 0.2) is 53.6 Å². The molecule has 0 aliphatic rings. The summed E-state index contributed by atoms with van der Waals surface area (Å²) in [6.45, 7) is 1.67. The van der Waals surface area contributed by atoms with E-state index in [2.05, 4.69) is 9.97 Å². The van der Waals surface area contributed by atoms with Crippen LogP contribution in [0, 0.1) is 0 Å². The molecule has 4 rings (SSSR count). The minimum Gasteiger partial charge on any atom is -0.489 e. The zero-order valence-corrected chi connectivity index (χ0v) is 17.2. The number of aromatic nitrogens is 2. The minimum atomic E-state index is -3.33. The van der Waals surface area contributed by atoms with Crippen molar-refractivity contribution in [2.24, 2.45) is 0 Å². The second-order valence-corrected chi connectivity index (χ2v) is 9.25. The lowest BCUT2D eigenvalue weighted by molar-refractivity contribution is 0.202. The summed E-state index contributed by atoms with van der Waals surface area (Å²) >= 11 is 6.18. The van der Waals surface area contributed by atoms with Crippen LogP contribution < -0.4 is 4.74 Å². The van der Waals surface area contributed by atoms with Gasteiger partial charge in [0.15, 0.2) is 9.84 Å². The highest BCUT2D eigenvalue weighted by molar-refractivity contribution is 7.91. The summed E-state index contributed by atoms with van der Waals surface area (Å²) in [6, 6.07) is 12.4. The van der Waals surface area contributed by atoms with Gasteiger partial charge in [-0.15, -0.1) is 0 Å². The number of aliphatic hydroxyl groups excluding tert-OH is 1. The van der Waals surface area contributed by atoms with Gasteiger partial charge < -0.3 is 14.8 Å². The molecule has 4 aromatic rings. The van der Waals surface area contributed by atoms with Gasteiger partial charge in [-0.2, -0.15) is 0 Å². The number of aromatic amines is 1. The fourth-order valence-corrected chi connectivity index (χ4v) is 4.46. The summed E-state index contributed by atoms with van der Waals surface area (Å²) in [4.78, 5) is 7.89. The topological polar surface area (TPSA) is 92.3 Å². The summed E-state index contributed by atoms with van der Waals surface area (Å²) in [6.07, 6.45) is 1.56. The number of sulfone groups is 1. The molecular formula is C21H19ClN2O4S. The van der Waals surface area contributed by atoms with Crippen molar-refractivity contribution in [2.45, 2.75) is 11.8 Å². The van der Waals surface area contributed by atoms with Gasteiger partial charge in [0.2, 0.25) is 0 Å². The molecule has 0 saturated carbocycles. The number of H-pyrrole nitrogens is 1. The number of ether oxygens (including phenoxy) is 1. The molecule has 0 amide bonds. The quantitative estimate of drug-likeness (QED) is 0.478. The van der Waals surface area contributed by atoms with Crippen molar-refractivity contribution in [3.05, 3.63) is 53.7 Å². The largest absolute Gasteiger partial charge is 0.489 e. The van der Waals surface area contributed by atoms with Crippen LogP contribution in [0.3, 0.4) is 0 Å². The van der Waals surface area contributed by atoms with Gasteiger partial charge in [-0.25, -0.2) is 13.4 Å². The number of hydrogen-bond acceptors (Lipinski definition) is 5. The molecule has 0 spiro atoms. The van der Waals surface area contributed by atoms with Crippen molar-refractivity contribution in [1.29, 1.82) is 0 Å². The van der Waals surface area contributed by atoms with Gasteiger partial charge in [0.25, 0.3) is 0 Å². The fourth-order valence-electron chi connectivity index (χ4n) is 3.38. The van der Waals surface area contributed by atoms with Crippen LogP contribution in [0.4, 0.5) is 0 Å². The number of pyridine rings is 1. The number of hydrogen-bond donors (Lipinski definition) is 2. The van der Waals surface area contributed by atoms with Gasteiger partial charge in [-0.1, -0.05) is 30.7 Å². The molecule has 2 N–H and O–H groups in total. The Kier molecular flexibility index (Phi) is 5.21. The standard InChI is InChI=1S/C21H19ClN2O4S/c1-2-29(26,27)15-5-3-4-13(10-15)16-6-7-18(28-9-8-25)20-19(16)17-11-14(22)12-23-21(17)24-20/h3-7,10-12,25H,2,8-9H2,1H3,(H,23,24). The van der Waals surface area contributed by atoms with E-state index in [-0.39, 0.29) is 23.9 Å². The Morgan fingerprint density at radius 1 is 1.21 bits per heavy atom. The van der Waals surface area contributed by atoms with Crippen molar-refractivity contribution < 1.29 is 18.3 Å². The molecule has 0 fully saturated rings. The van der Waals surface area contributed by atoms with Gasteiger partial charge in [0.05, 0.1) is 27.8 Å². The number of fused-ring (bicyclic) bond motifs is 3. The lowest BCUT2D eigenvalue weighted by Gasteiger charge is -2.11. The lowest BCUT2D eigenvalue weighted by Crippen LogP contribution is -2.03. The van der Waals surface area contributed by atoms with Crippen molar-refractivity contribution in [2.75, 3.05) is 19.0 Å². The number of nitrogens with zero attached hydrogens (tertiary/aromatic N) is 1. The molecule has 29 heavy (non-hydrogen) atoms. The summed E-state index contributed by atoms with van der Waals surface area (Å²) in [5.74, 6) is 0.608. The van der Waals surface area contributed by atoms with Crippen molar-refractivity contribution >= 4 is 43.4 Å². The first kappa shape index (κ1) is 19.7. The maximum Gasteiger partial charge on any atom is 0.178 e. The van der Waals surface area contributed by atoms with E-state index in [1.54, 1.807) is 37.4 Å². The molecule has 2 heterocycles. The van der Waals surface area contributed by atoms with E-state index in [4.69, 9.17) is 21.4 Å². The molecule has 0 aliphatic heterocycles. The second-order valence-electron chi connectivity index (χ2n) is 6.54. The Bertz CT molecular complexity index is 1320. The van der Waals surface area contributed by atoms with E-state index in [9.17, 15) is 8.42 Å². The highest BCUT2D eigenvalue weighted by Gasteiger charge is 2.18. The normalized spacial score (nSPS) is 12.0. The fraction of sp³-hybridized carbons (Fsp3) is 0.190. The highest BCUT2D eigenvalue weighted by atomic mass is 35.5. The SMILES string of the molecule is CCS(=O)(=O)c1cccc(-c2ccc(OCCO)c3[nH]c4ncc(Cl)cc4c23)c1. The third-order valence-electron chi connectivity index (χ3n) is 4.77. The molecular weight excluding hydrogens is 412 g/mol. The highest BCUT2D eigenvalue weighted by Crippen LogP contribution is 2.39. The van der Waals surface area contributed by atoms with Crippen LogP contribution in [0.1, 0.15) is 6.92 Å². The molecule has 0 bridgehead atoms. The molecule has 0 unspecified atom stereocenters. The Morgan fingerprint density at radius 2 is 2.03 bits per heavy atom. The molecule has 0 atom stereocenters. The van der Waals surface area contributed by atoms with Gasteiger partial charge in [0, 0.05) is 17.0 Å². The maximum absolute atomic E-state index is 12.4. The van der Waals surface area contributed by atoms with Gasteiger partial charge >= 0.3 is 0 Å². The van der Waals surface area contributed by atoms with Crippen LogP contribution in [0.25, 0.3) is 33.1 Å². The molecule has 2 aromatic heterocycles. The van der Waals surface area contributed by atoms with Gasteiger partial charge in [-0.3, -0.25) is 0 Å². The first-order chi connectivity index (χ1) is 13.9. The van der Waals surface area contributed by atoms with Crippen molar-refractivity contribution in [3.63, 3.8) is 0 Å². The smallest absolute Gasteiger partial charge is 0.178 e. The molecule has 0 radical (unpaired) electrons. The third kappa shape index (κ3) is 3.57.